The normalized spacial score (nSPS) is 16.8. The summed E-state index contributed by atoms with van der Waals surface area (Å²) >= 11 is 0. The average Bonchev–Trinajstić information content (AvgIpc) is 2.64. The van der Waals surface area contributed by atoms with Crippen LogP contribution < -0.4 is 0 Å². The summed E-state index contributed by atoms with van der Waals surface area (Å²) < 4.78 is 26.8. The van der Waals surface area contributed by atoms with E-state index in [9.17, 15) is 8.42 Å². The van der Waals surface area contributed by atoms with Crippen molar-refractivity contribution in [2.75, 3.05) is 31.9 Å². The van der Waals surface area contributed by atoms with Crippen LogP contribution in [0.2, 0.25) is 0 Å². The molecule has 0 N–H and O–H groups in total. The highest BCUT2D eigenvalue weighted by atomic mass is 32.2. The molecule has 0 radical (unpaired) electrons. The van der Waals surface area contributed by atoms with Crippen molar-refractivity contribution in [2.45, 2.75) is 19.4 Å². The maximum absolute atomic E-state index is 12.5. The Bertz CT molecular complexity index is 740. The zero-order valence-corrected chi connectivity index (χ0v) is 15.4. The Hall–Kier alpha value is -1.69. The zero-order chi connectivity index (χ0) is 17.5. The van der Waals surface area contributed by atoms with Gasteiger partial charge < -0.3 is 0 Å². The van der Waals surface area contributed by atoms with Crippen molar-refractivity contribution in [3.05, 3.63) is 71.8 Å². The monoisotopic (exact) mass is 358 g/mol. The number of sulfonamides is 1. The number of benzene rings is 2. The second kappa shape index (κ2) is 8.61. The van der Waals surface area contributed by atoms with Crippen LogP contribution >= 0.6 is 0 Å². The summed E-state index contributed by atoms with van der Waals surface area (Å²) in [5, 5.41) is 0. The van der Waals surface area contributed by atoms with Crippen molar-refractivity contribution in [1.29, 1.82) is 0 Å². The second-order valence-corrected chi connectivity index (χ2v) is 8.65. The van der Waals surface area contributed by atoms with Crippen LogP contribution in [0.25, 0.3) is 0 Å². The summed E-state index contributed by atoms with van der Waals surface area (Å²) in [6.45, 7) is 3.68. The molecule has 4 nitrogen and oxygen atoms in total. The predicted octanol–water partition coefficient (Wildman–Crippen LogP) is 2.77. The van der Waals surface area contributed by atoms with Crippen LogP contribution in [0.5, 0.6) is 0 Å². The van der Waals surface area contributed by atoms with Crippen LogP contribution in [-0.2, 0) is 23.0 Å². The smallest absolute Gasteiger partial charge is 0.214 e. The number of rotatable bonds is 7. The van der Waals surface area contributed by atoms with Gasteiger partial charge in [0.05, 0.1) is 5.75 Å². The first kappa shape index (κ1) is 18.1. The molecule has 0 bridgehead atoms. The summed E-state index contributed by atoms with van der Waals surface area (Å²) in [5.74, 6) is 0.237. The van der Waals surface area contributed by atoms with Gasteiger partial charge in [0, 0.05) is 32.7 Å². The minimum absolute atomic E-state index is 0.237. The molecule has 0 aromatic heterocycles. The molecule has 5 heteroatoms. The van der Waals surface area contributed by atoms with E-state index in [2.05, 4.69) is 29.2 Å². The molecule has 2 aromatic carbocycles. The van der Waals surface area contributed by atoms with E-state index in [1.165, 1.54) is 11.1 Å². The number of hydrogen-bond donors (Lipinski definition) is 0. The molecule has 1 aliphatic rings. The molecule has 25 heavy (non-hydrogen) atoms. The average molecular weight is 359 g/mol. The Morgan fingerprint density at radius 3 is 1.92 bits per heavy atom. The molecule has 0 saturated carbocycles. The van der Waals surface area contributed by atoms with Crippen LogP contribution in [0.3, 0.4) is 0 Å². The van der Waals surface area contributed by atoms with E-state index in [0.717, 1.165) is 26.1 Å². The molecule has 0 unspecified atom stereocenters. The fourth-order valence-corrected chi connectivity index (χ4v) is 4.73. The zero-order valence-electron chi connectivity index (χ0n) is 14.5. The highest BCUT2D eigenvalue weighted by Crippen LogP contribution is 2.13. The third kappa shape index (κ3) is 5.39. The van der Waals surface area contributed by atoms with Gasteiger partial charge in [-0.1, -0.05) is 60.7 Å². The SMILES string of the molecule is O=S(=O)(CCCc1ccccc1)N1CCN(Cc2ccccc2)CC1. The predicted molar refractivity (Wildman–Crippen MR) is 102 cm³/mol. The maximum atomic E-state index is 12.5. The first-order chi connectivity index (χ1) is 12.1. The molecule has 1 aliphatic heterocycles. The lowest BCUT2D eigenvalue weighted by Crippen LogP contribution is -2.48. The molecule has 3 rings (SSSR count). The van der Waals surface area contributed by atoms with Crippen LogP contribution in [0.1, 0.15) is 17.5 Å². The number of hydrogen-bond acceptors (Lipinski definition) is 3. The van der Waals surface area contributed by atoms with Crippen molar-refractivity contribution < 1.29 is 8.42 Å². The Morgan fingerprint density at radius 1 is 0.760 bits per heavy atom. The van der Waals surface area contributed by atoms with E-state index in [1.807, 2.05) is 36.4 Å². The van der Waals surface area contributed by atoms with Crippen LogP contribution in [0, 0.1) is 0 Å². The van der Waals surface area contributed by atoms with Gasteiger partial charge in [0.1, 0.15) is 0 Å². The molecule has 0 spiro atoms. The van der Waals surface area contributed by atoms with Crippen molar-refractivity contribution in [1.82, 2.24) is 9.21 Å². The fourth-order valence-electron chi connectivity index (χ4n) is 3.24. The van der Waals surface area contributed by atoms with Crippen LogP contribution in [0.4, 0.5) is 0 Å². The molecule has 0 atom stereocenters. The van der Waals surface area contributed by atoms with Gasteiger partial charge in [0.15, 0.2) is 0 Å². The molecule has 1 heterocycles. The third-order valence-corrected chi connectivity index (χ3v) is 6.64. The summed E-state index contributed by atoms with van der Waals surface area (Å²) in [6, 6.07) is 20.4. The molecule has 0 amide bonds. The highest BCUT2D eigenvalue weighted by molar-refractivity contribution is 7.89. The van der Waals surface area contributed by atoms with Crippen LogP contribution in [-0.4, -0.2) is 49.6 Å². The number of nitrogens with zero attached hydrogens (tertiary/aromatic N) is 2. The lowest BCUT2D eigenvalue weighted by atomic mass is 10.1. The van der Waals surface area contributed by atoms with E-state index in [-0.39, 0.29) is 5.75 Å². The largest absolute Gasteiger partial charge is 0.296 e. The van der Waals surface area contributed by atoms with Gasteiger partial charge in [-0.3, -0.25) is 4.90 Å². The summed E-state index contributed by atoms with van der Waals surface area (Å²) in [7, 11) is -3.14. The van der Waals surface area contributed by atoms with Crippen molar-refractivity contribution in [3.63, 3.8) is 0 Å². The van der Waals surface area contributed by atoms with Gasteiger partial charge >= 0.3 is 0 Å². The molecule has 2 aromatic rings. The minimum atomic E-state index is -3.14. The summed E-state index contributed by atoms with van der Waals surface area (Å²) in [5.41, 5.74) is 2.48. The van der Waals surface area contributed by atoms with E-state index in [1.54, 1.807) is 4.31 Å². The fraction of sp³-hybridized carbons (Fsp3) is 0.400. The lowest BCUT2D eigenvalue weighted by Gasteiger charge is -2.34. The van der Waals surface area contributed by atoms with Crippen LogP contribution in [0.15, 0.2) is 60.7 Å². The number of aryl methyl sites for hydroxylation is 1. The maximum Gasteiger partial charge on any atom is 0.214 e. The summed E-state index contributed by atoms with van der Waals surface area (Å²) in [6.07, 6.45) is 1.49. The molecule has 1 saturated heterocycles. The molecular weight excluding hydrogens is 332 g/mol. The standard InChI is InChI=1S/C20H26N2O2S/c23-25(24,17-7-12-19-8-3-1-4-9-19)22-15-13-21(14-16-22)18-20-10-5-2-6-11-20/h1-6,8-11H,7,12-18H2. The Kier molecular flexibility index (Phi) is 6.24. The molecule has 1 fully saturated rings. The molecule has 134 valence electrons. The van der Waals surface area contributed by atoms with Gasteiger partial charge in [0.2, 0.25) is 10.0 Å². The minimum Gasteiger partial charge on any atom is -0.296 e. The first-order valence-corrected chi connectivity index (χ1v) is 10.5. The molecule has 0 aliphatic carbocycles. The van der Waals surface area contributed by atoms with Crippen molar-refractivity contribution in [2.24, 2.45) is 0 Å². The van der Waals surface area contributed by atoms with Crippen molar-refractivity contribution >= 4 is 10.0 Å². The van der Waals surface area contributed by atoms with E-state index in [4.69, 9.17) is 0 Å². The first-order valence-electron chi connectivity index (χ1n) is 8.91. The Labute approximate surface area is 151 Å². The molecular formula is C20H26N2O2S. The Balaban J connectivity index is 1.44. The third-order valence-electron chi connectivity index (χ3n) is 4.68. The van der Waals surface area contributed by atoms with E-state index < -0.39 is 10.0 Å². The Morgan fingerprint density at radius 2 is 1.32 bits per heavy atom. The lowest BCUT2D eigenvalue weighted by molar-refractivity contribution is 0.181. The highest BCUT2D eigenvalue weighted by Gasteiger charge is 2.26. The van der Waals surface area contributed by atoms with E-state index in [0.29, 0.717) is 19.5 Å². The van der Waals surface area contributed by atoms with E-state index >= 15 is 0 Å². The van der Waals surface area contributed by atoms with Gasteiger partial charge in [0.25, 0.3) is 0 Å². The second-order valence-electron chi connectivity index (χ2n) is 6.57. The number of piperazine rings is 1. The van der Waals surface area contributed by atoms with Gasteiger partial charge in [-0.2, -0.15) is 4.31 Å². The van der Waals surface area contributed by atoms with Gasteiger partial charge in [-0.25, -0.2) is 8.42 Å². The quantitative estimate of drug-likeness (QED) is 0.764. The topological polar surface area (TPSA) is 40.6 Å². The van der Waals surface area contributed by atoms with Crippen molar-refractivity contribution in [3.8, 4) is 0 Å². The van der Waals surface area contributed by atoms with Gasteiger partial charge in [-0.05, 0) is 24.0 Å². The summed E-state index contributed by atoms with van der Waals surface area (Å²) in [4.78, 5) is 2.32. The van der Waals surface area contributed by atoms with Gasteiger partial charge in [-0.15, -0.1) is 0 Å².